The van der Waals surface area contributed by atoms with Crippen molar-refractivity contribution < 1.29 is 14.7 Å². The third-order valence-electron chi connectivity index (χ3n) is 3.87. The number of hydrogen-bond donors (Lipinski definition) is 1. The molecule has 2 heterocycles. The number of nitrogens with zero attached hydrogens (tertiary/aromatic N) is 2. The van der Waals surface area contributed by atoms with Crippen molar-refractivity contribution in [1.29, 1.82) is 0 Å². The van der Waals surface area contributed by atoms with Crippen LogP contribution in [0.15, 0.2) is 30.5 Å². The average molecular weight is 351 g/mol. The average Bonchev–Trinajstić information content (AvgIpc) is 3.04. The Morgan fingerprint density at radius 2 is 2.09 bits per heavy atom. The van der Waals surface area contributed by atoms with Gasteiger partial charge in [-0.2, -0.15) is 0 Å². The number of halogens is 1. The van der Waals surface area contributed by atoms with E-state index in [-0.39, 0.29) is 5.91 Å². The zero-order valence-corrected chi connectivity index (χ0v) is 13.8. The van der Waals surface area contributed by atoms with Gasteiger partial charge in [-0.1, -0.05) is 29.8 Å². The first kappa shape index (κ1) is 16.0. The highest BCUT2D eigenvalue weighted by Gasteiger charge is 2.33. The summed E-state index contributed by atoms with van der Waals surface area (Å²) in [7, 11) is 0. The Morgan fingerprint density at radius 1 is 1.30 bits per heavy atom. The molecular weight excluding hydrogens is 336 g/mol. The maximum Gasteiger partial charge on any atom is 0.326 e. The van der Waals surface area contributed by atoms with Gasteiger partial charge >= 0.3 is 5.97 Å². The number of rotatable bonds is 3. The highest BCUT2D eigenvalue weighted by atomic mass is 35.5. The first-order chi connectivity index (χ1) is 11.1. The molecule has 120 valence electrons. The topological polar surface area (TPSA) is 70.5 Å². The number of hydrogen-bond acceptors (Lipinski definition) is 4. The number of carbonyl (C=O) groups is 2. The predicted octanol–water partition coefficient (Wildman–Crippen LogP) is 3.54. The maximum absolute atomic E-state index is 12.6. The van der Waals surface area contributed by atoms with E-state index < -0.39 is 12.0 Å². The normalized spacial score (nSPS) is 18.0. The Kier molecular flexibility index (Phi) is 4.63. The molecule has 23 heavy (non-hydrogen) atoms. The molecule has 1 atom stereocenters. The Labute approximate surface area is 142 Å². The van der Waals surface area contributed by atoms with Gasteiger partial charge in [-0.25, -0.2) is 9.78 Å². The van der Waals surface area contributed by atoms with Crippen LogP contribution in [0.2, 0.25) is 5.02 Å². The molecule has 3 rings (SSSR count). The summed E-state index contributed by atoms with van der Waals surface area (Å²) < 4.78 is 0. The monoisotopic (exact) mass is 350 g/mol. The van der Waals surface area contributed by atoms with Crippen molar-refractivity contribution in [1.82, 2.24) is 9.88 Å². The summed E-state index contributed by atoms with van der Waals surface area (Å²) in [6.45, 7) is 0.467. The highest BCUT2D eigenvalue weighted by Crippen LogP contribution is 2.32. The lowest BCUT2D eigenvalue weighted by molar-refractivity contribution is -0.143. The van der Waals surface area contributed by atoms with Gasteiger partial charge in [-0.05, 0) is 25.3 Å². The molecule has 2 aromatic rings. The van der Waals surface area contributed by atoms with Gasteiger partial charge in [0.05, 0.1) is 11.2 Å². The Balaban J connectivity index is 1.86. The number of piperidine rings is 1. The van der Waals surface area contributed by atoms with Gasteiger partial charge in [-0.15, -0.1) is 11.3 Å². The van der Waals surface area contributed by atoms with Crippen LogP contribution in [-0.4, -0.2) is 39.5 Å². The van der Waals surface area contributed by atoms with Crippen molar-refractivity contribution in [2.75, 3.05) is 6.54 Å². The van der Waals surface area contributed by atoms with E-state index in [0.717, 1.165) is 18.4 Å². The standard InChI is InChI=1S/C16H15ClN2O3S/c17-11-6-2-1-5-10(11)14-18-9-13(23-14)15(20)19-8-4-3-7-12(19)16(21)22/h1-2,5-6,9,12H,3-4,7-8H2,(H,21,22)/t12-/m0/s1. The minimum absolute atomic E-state index is 0.270. The second kappa shape index (κ2) is 6.68. The summed E-state index contributed by atoms with van der Waals surface area (Å²) in [4.78, 5) is 30.1. The van der Waals surface area contributed by atoms with Crippen molar-refractivity contribution in [3.8, 4) is 10.6 Å². The molecule has 1 aromatic heterocycles. The van der Waals surface area contributed by atoms with Crippen LogP contribution in [0, 0.1) is 0 Å². The molecule has 1 amide bonds. The summed E-state index contributed by atoms with van der Waals surface area (Å²) in [5.41, 5.74) is 0.770. The van der Waals surface area contributed by atoms with Crippen LogP contribution in [0.1, 0.15) is 28.9 Å². The van der Waals surface area contributed by atoms with Crippen LogP contribution in [0.25, 0.3) is 10.6 Å². The van der Waals surface area contributed by atoms with Crippen molar-refractivity contribution in [3.63, 3.8) is 0 Å². The van der Waals surface area contributed by atoms with Crippen LogP contribution in [-0.2, 0) is 4.79 Å². The second-order valence-electron chi connectivity index (χ2n) is 5.36. The van der Waals surface area contributed by atoms with Crippen molar-refractivity contribution in [2.45, 2.75) is 25.3 Å². The van der Waals surface area contributed by atoms with Crippen LogP contribution in [0.3, 0.4) is 0 Å². The molecule has 1 aliphatic heterocycles. The SMILES string of the molecule is O=C(O)[C@@H]1CCCCN1C(=O)c1cnc(-c2ccccc2Cl)s1. The van der Waals surface area contributed by atoms with E-state index in [0.29, 0.717) is 27.9 Å². The van der Waals surface area contributed by atoms with E-state index in [1.807, 2.05) is 18.2 Å². The zero-order valence-electron chi connectivity index (χ0n) is 12.2. The van der Waals surface area contributed by atoms with Crippen LogP contribution in [0.4, 0.5) is 0 Å². The van der Waals surface area contributed by atoms with Gasteiger partial charge in [0.15, 0.2) is 0 Å². The molecule has 0 bridgehead atoms. The van der Waals surface area contributed by atoms with Gasteiger partial charge in [0.1, 0.15) is 15.9 Å². The first-order valence-electron chi connectivity index (χ1n) is 7.32. The number of amides is 1. The molecule has 0 spiro atoms. The Morgan fingerprint density at radius 3 is 2.83 bits per heavy atom. The van der Waals surface area contributed by atoms with E-state index in [4.69, 9.17) is 11.6 Å². The lowest BCUT2D eigenvalue weighted by Gasteiger charge is -2.32. The number of aliphatic carboxylic acids is 1. The number of aromatic nitrogens is 1. The van der Waals surface area contributed by atoms with Crippen molar-refractivity contribution in [2.24, 2.45) is 0 Å². The van der Waals surface area contributed by atoms with Crippen molar-refractivity contribution in [3.05, 3.63) is 40.4 Å². The fourth-order valence-electron chi connectivity index (χ4n) is 2.71. The minimum atomic E-state index is -0.950. The van der Waals surface area contributed by atoms with Crippen molar-refractivity contribution >= 4 is 34.8 Å². The molecule has 0 aliphatic carbocycles. The molecule has 1 aliphatic rings. The number of thiazole rings is 1. The number of carbonyl (C=O) groups excluding carboxylic acids is 1. The fraction of sp³-hybridized carbons (Fsp3) is 0.312. The summed E-state index contributed by atoms with van der Waals surface area (Å²) >= 11 is 7.39. The molecule has 1 N–H and O–H groups in total. The molecule has 0 radical (unpaired) electrons. The summed E-state index contributed by atoms with van der Waals surface area (Å²) in [6.07, 6.45) is 3.65. The summed E-state index contributed by atoms with van der Waals surface area (Å²) in [6, 6.07) is 6.55. The molecule has 1 saturated heterocycles. The Hall–Kier alpha value is -1.92. The van der Waals surface area contributed by atoms with Gasteiger partial charge in [0, 0.05) is 12.1 Å². The smallest absolute Gasteiger partial charge is 0.326 e. The predicted molar refractivity (Wildman–Crippen MR) is 88.9 cm³/mol. The number of carboxylic acid groups (broad SMARTS) is 1. The lowest BCUT2D eigenvalue weighted by atomic mass is 10.0. The summed E-state index contributed by atoms with van der Waals surface area (Å²) in [5, 5.41) is 10.5. The second-order valence-corrected chi connectivity index (χ2v) is 6.80. The van der Waals surface area contributed by atoms with E-state index in [9.17, 15) is 14.7 Å². The highest BCUT2D eigenvalue weighted by molar-refractivity contribution is 7.17. The molecular formula is C16H15ClN2O3S. The zero-order chi connectivity index (χ0) is 16.4. The van der Waals surface area contributed by atoms with E-state index in [1.165, 1.54) is 22.4 Å². The minimum Gasteiger partial charge on any atom is -0.480 e. The van der Waals surface area contributed by atoms with Crippen LogP contribution < -0.4 is 0 Å². The molecule has 0 unspecified atom stereocenters. The first-order valence-corrected chi connectivity index (χ1v) is 8.52. The third kappa shape index (κ3) is 3.23. The number of carboxylic acids is 1. The van der Waals surface area contributed by atoms with E-state index in [1.54, 1.807) is 6.07 Å². The van der Waals surface area contributed by atoms with Crippen LogP contribution >= 0.6 is 22.9 Å². The van der Waals surface area contributed by atoms with Gasteiger partial charge in [0.25, 0.3) is 5.91 Å². The fourth-order valence-corrected chi connectivity index (χ4v) is 3.90. The van der Waals surface area contributed by atoms with E-state index >= 15 is 0 Å². The quantitative estimate of drug-likeness (QED) is 0.919. The van der Waals surface area contributed by atoms with Gasteiger partial charge < -0.3 is 10.0 Å². The molecule has 1 aromatic carbocycles. The van der Waals surface area contributed by atoms with Crippen LogP contribution in [0.5, 0.6) is 0 Å². The van der Waals surface area contributed by atoms with E-state index in [2.05, 4.69) is 4.98 Å². The number of benzene rings is 1. The maximum atomic E-state index is 12.6. The lowest BCUT2D eigenvalue weighted by Crippen LogP contribution is -2.47. The molecule has 5 nitrogen and oxygen atoms in total. The third-order valence-corrected chi connectivity index (χ3v) is 5.22. The molecule has 1 fully saturated rings. The number of likely N-dealkylation sites (tertiary alicyclic amines) is 1. The van der Waals surface area contributed by atoms with Gasteiger partial charge in [-0.3, -0.25) is 4.79 Å². The Bertz CT molecular complexity index is 746. The molecule has 7 heteroatoms. The summed E-state index contributed by atoms with van der Waals surface area (Å²) in [5.74, 6) is -1.22. The largest absolute Gasteiger partial charge is 0.480 e. The van der Waals surface area contributed by atoms with Gasteiger partial charge in [0.2, 0.25) is 0 Å². The molecule has 0 saturated carbocycles.